The van der Waals surface area contributed by atoms with Gasteiger partial charge >= 0.3 is 11.9 Å². The molecule has 1 fully saturated rings. The largest absolute Gasteiger partial charge is 0.465 e. The van der Waals surface area contributed by atoms with Gasteiger partial charge < -0.3 is 9.47 Å². The summed E-state index contributed by atoms with van der Waals surface area (Å²) in [5, 5.41) is 0.428. The fourth-order valence-electron chi connectivity index (χ4n) is 2.80. The molecule has 0 N–H and O–H groups in total. The van der Waals surface area contributed by atoms with Crippen LogP contribution in [0, 0.1) is 5.92 Å². The van der Waals surface area contributed by atoms with E-state index in [2.05, 4.69) is 6.92 Å². The van der Waals surface area contributed by atoms with Crippen LogP contribution in [-0.2, 0) is 9.47 Å². The van der Waals surface area contributed by atoms with Crippen molar-refractivity contribution in [2.24, 2.45) is 5.92 Å². The minimum atomic E-state index is -0.432. The topological polar surface area (TPSA) is 52.6 Å². The molecular formula is C14H19O4PS. The molecule has 2 rings (SSSR count). The second-order valence-electron chi connectivity index (χ2n) is 5.12. The quantitative estimate of drug-likeness (QED) is 0.785. The summed E-state index contributed by atoms with van der Waals surface area (Å²) in [6, 6.07) is 0. The summed E-state index contributed by atoms with van der Waals surface area (Å²) in [5.41, 5.74) is 0.449. The molecule has 0 saturated heterocycles. The molecule has 110 valence electrons. The molecule has 0 bridgehead atoms. The Labute approximate surface area is 124 Å². The lowest BCUT2D eigenvalue weighted by Crippen LogP contribution is -2.18. The zero-order valence-electron chi connectivity index (χ0n) is 12.0. The van der Waals surface area contributed by atoms with Gasteiger partial charge in [-0.15, -0.1) is 10.9 Å². The average molecular weight is 314 g/mol. The number of ether oxygens (including phenoxy) is 2. The van der Waals surface area contributed by atoms with Crippen LogP contribution in [0.25, 0.3) is 0 Å². The van der Waals surface area contributed by atoms with Crippen LogP contribution in [0.2, 0.25) is 0 Å². The minimum absolute atomic E-state index is 0.359. The Balaban J connectivity index is 2.44. The summed E-state index contributed by atoms with van der Waals surface area (Å²) in [4.78, 5) is 24.9. The molecule has 0 aromatic carbocycles. The fourth-order valence-corrected chi connectivity index (χ4v) is 6.04. The van der Waals surface area contributed by atoms with Gasteiger partial charge in [0.15, 0.2) is 0 Å². The standard InChI is InChI=1S/C14H19O4PS/c1-8-6-4-5-7-9(8)12-10(13(15)17-2)11(19-20-12)14(16)18-3/h8-9H,4-7H2,1-3H3. The highest BCUT2D eigenvalue weighted by Crippen LogP contribution is 2.46. The first-order valence-electron chi connectivity index (χ1n) is 6.76. The first-order chi connectivity index (χ1) is 9.60. The van der Waals surface area contributed by atoms with Crippen LogP contribution in [0.5, 0.6) is 0 Å². The Kier molecular flexibility index (Phi) is 5.17. The molecule has 1 saturated carbocycles. The van der Waals surface area contributed by atoms with Gasteiger partial charge in [-0.1, -0.05) is 26.2 Å². The van der Waals surface area contributed by atoms with Crippen LogP contribution in [0.15, 0.2) is 0 Å². The lowest BCUT2D eigenvalue weighted by molar-refractivity contribution is 0.0558. The van der Waals surface area contributed by atoms with Crippen molar-refractivity contribution in [1.82, 2.24) is 0 Å². The molecule has 2 atom stereocenters. The molecule has 1 aromatic heterocycles. The van der Waals surface area contributed by atoms with Gasteiger partial charge in [0.1, 0.15) is 5.30 Å². The fraction of sp³-hybridized carbons (Fsp3) is 0.643. The van der Waals surface area contributed by atoms with E-state index in [0.717, 1.165) is 18.7 Å². The van der Waals surface area contributed by atoms with E-state index in [-0.39, 0.29) is 0 Å². The van der Waals surface area contributed by atoms with Crippen molar-refractivity contribution in [3.8, 4) is 0 Å². The summed E-state index contributed by atoms with van der Waals surface area (Å²) < 4.78 is 9.66. The Morgan fingerprint density at radius 3 is 2.40 bits per heavy atom. The van der Waals surface area contributed by atoms with Crippen LogP contribution in [0.3, 0.4) is 0 Å². The second kappa shape index (κ2) is 6.68. The highest BCUT2D eigenvalue weighted by atomic mass is 32.5. The third-order valence-corrected chi connectivity index (χ3v) is 6.73. The number of esters is 2. The third-order valence-electron chi connectivity index (χ3n) is 3.93. The number of hydrogen-bond acceptors (Lipinski definition) is 5. The average Bonchev–Trinajstić information content (AvgIpc) is 2.90. The van der Waals surface area contributed by atoms with Crippen molar-refractivity contribution in [2.45, 2.75) is 38.5 Å². The zero-order chi connectivity index (χ0) is 14.7. The smallest absolute Gasteiger partial charge is 0.344 e. The van der Waals surface area contributed by atoms with Gasteiger partial charge in [-0.3, -0.25) is 0 Å². The van der Waals surface area contributed by atoms with E-state index in [9.17, 15) is 9.59 Å². The SMILES string of the molecule is COC(=O)c1psc(C2CCCCC2C)c1C(=O)OC. The molecule has 1 aromatic rings. The van der Waals surface area contributed by atoms with Crippen LogP contribution in [0.4, 0.5) is 0 Å². The van der Waals surface area contributed by atoms with E-state index in [1.807, 2.05) is 0 Å². The summed E-state index contributed by atoms with van der Waals surface area (Å²) in [6.07, 6.45) is 4.67. The van der Waals surface area contributed by atoms with Crippen molar-refractivity contribution in [3.63, 3.8) is 0 Å². The van der Waals surface area contributed by atoms with Gasteiger partial charge in [-0.2, -0.15) is 0 Å². The molecule has 0 spiro atoms. The van der Waals surface area contributed by atoms with Gasteiger partial charge in [0, 0.05) is 12.2 Å². The summed E-state index contributed by atoms with van der Waals surface area (Å²) in [7, 11) is 5.04. The van der Waals surface area contributed by atoms with Crippen LogP contribution in [0.1, 0.15) is 63.8 Å². The second-order valence-corrected chi connectivity index (χ2v) is 7.47. The molecule has 2 unspecified atom stereocenters. The molecule has 0 radical (unpaired) electrons. The first kappa shape index (κ1) is 15.5. The van der Waals surface area contributed by atoms with Crippen molar-refractivity contribution < 1.29 is 19.1 Å². The third kappa shape index (κ3) is 2.89. The van der Waals surface area contributed by atoms with Crippen molar-refractivity contribution in [2.75, 3.05) is 14.2 Å². The van der Waals surface area contributed by atoms with E-state index in [4.69, 9.17) is 9.47 Å². The molecule has 1 heterocycles. The van der Waals surface area contributed by atoms with E-state index in [0.29, 0.717) is 22.7 Å². The maximum atomic E-state index is 12.1. The molecule has 20 heavy (non-hydrogen) atoms. The number of carbonyl (C=O) groups excluding carboxylic acids is 2. The molecule has 1 aliphatic carbocycles. The highest BCUT2D eigenvalue weighted by Gasteiger charge is 2.33. The minimum Gasteiger partial charge on any atom is -0.465 e. The monoisotopic (exact) mass is 314 g/mol. The normalized spacial score (nSPS) is 22.8. The van der Waals surface area contributed by atoms with Crippen LogP contribution in [-0.4, -0.2) is 26.2 Å². The summed E-state index contributed by atoms with van der Waals surface area (Å²) in [6.45, 7) is 2.22. The van der Waals surface area contributed by atoms with Crippen LogP contribution >= 0.6 is 18.3 Å². The molecule has 4 nitrogen and oxygen atoms in total. The Morgan fingerprint density at radius 2 is 1.80 bits per heavy atom. The Morgan fingerprint density at radius 1 is 1.15 bits per heavy atom. The van der Waals surface area contributed by atoms with Gasteiger partial charge in [0.05, 0.1) is 19.8 Å². The van der Waals surface area contributed by atoms with Gasteiger partial charge in [-0.25, -0.2) is 9.59 Å². The maximum Gasteiger partial charge on any atom is 0.344 e. The van der Waals surface area contributed by atoms with E-state index < -0.39 is 11.9 Å². The predicted octanol–water partition coefficient (Wildman–Crippen LogP) is 4.20. The zero-order valence-corrected chi connectivity index (χ0v) is 13.7. The van der Waals surface area contributed by atoms with Crippen molar-refractivity contribution >= 4 is 30.3 Å². The lowest BCUT2D eigenvalue weighted by atomic mass is 9.78. The van der Waals surface area contributed by atoms with Crippen molar-refractivity contribution in [3.05, 3.63) is 15.7 Å². The highest BCUT2D eigenvalue weighted by molar-refractivity contribution is 7.81. The van der Waals surface area contributed by atoms with E-state index >= 15 is 0 Å². The Hall–Kier alpha value is -0.930. The number of carbonyl (C=O) groups is 2. The first-order valence-corrected chi connectivity index (χ1v) is 9.08. The van der Waals surface area contributed by atoms with Gasteiger partial charge in [0.2, 0.25) is 0 Å². The maximum absolute atomic E-state index is 12.1. The van der Waals surface area contributed by atoms with Gasteiger partial charge in [-0.05, 0) is 18.3 Å². The van der Waals surface area contributed by atoms with Crippen LogP contribution < -0.4 is 0 Å². The lowest BCUT2D eigenvalue weighted by Gasteiger charge is -2.28. The molecule has 1 aliphatic rings. The van der Waals surface area contributed by atoms with E-state index in [1.54, 1.807) is 10.9 Å². The molecule has 6 heteroatoms. The molecular weight excluding hydrogens is 295 g/mol. The van der Waals surface area contributed by atoms with Gasteiger partial charge in [0.25, 0.3) is 0 Å². The number of hydrogen-bond donors (Lipinski definition) is 0. The Bertz CT molecular complexity index is 511. The summed E-state index contributed by atoms with van der Waals surface area (Å²) in [5.74, 6) is 0.0457. The molecule has 0 aliphatic heterocycles. The number of rotatable bonds is 3. The summed E-state index contributed by atoms with van der Waals surface area (Å²) >= 11 is 0. The van der Waals surface area contributed by atoms with E-state index in [1.165, 1.54) is 33.5 Å². The number of methoxy groups -OCH3 is 2. The predicted molar refractivity (Wildman–Crippen MR) is 79.9 cm³/mol. The van der Waals surface area contributed by atoms with Crippen molar-refractivity contribution in [1.29, 1.82) is 0 Å². The molecule has 0 amide bonds.